The highest BCUT2D eigenvalue weighted by atomic mass is 16.7. The van der Waals surface area contributed by atoms with Crippen LogP contribution in [-0.4, -0.2) is 23.6 Å². The van der Waals surface area contributed by atoms with E-state index in [1.165, 1.54) is 0 Å². The minimum Gasteiger partial charge on any atom is -0.465 e. The van der Waals surface area contributed by atoms with E-state index >= 15 is 0 Å². The van der Waals surface area contributed by atoms with Gasteiger partial charge in [0.2, 0.25) is 0 Å². The molecule has 1 saturated heterocycles. The summed E-state index contributed by atoms with van der Waals surface area (Å²) in [6.45, 7) is 4.11. The van der Waals surface area contributed by atoms with E-state index in [1.807, 2.05) is 24.3 Å². The zero-order valence-corrected chi connectivity index (χ0v) is 11.5. The fraction of sp³-hybridized carbons (Fsp3) is 0.500. The van der Waals surface area contributed by atoms with Crippen LogP contribution in [0.1, 0.15) is 38.7 Å². The van der Waals surface area contributed by atoms with E-state index in [1.54, 1.807) is 13.8 Å². The molecular formula is C16H20O3. The van der Waals surface area contributed by atoms with Gasteiger partial charge in [-0.15, -0.1) is 0 Å². The van der Waals surface area contributed by atoms with Gasteiger partial charge in [-0.1, -0.05) is 11.8 Å². The third kappa shape index (κ3) is 4.94. The van der Waals surface area contributed by atoms with Gasteiger partial charge >= 0.3 is 0 Å². The fourth-order valence-corrected chi connectivity index (χ4v) is 1.80. The number of benzene rings is 1. The smallest absolute Gasteiger partial charge is 0.199 e. The van der Waals surface area contributed by atoms with Crippen LogP contribution in [0.4, 0.5) is 0 Å². The average molecular weight is 260 g/mol. The molecule has 1 aromatic carbocycles. The molecule has 0 aliphatic carbocycles. The van der Waals surface area contributed by atoms with Gasteiger partial charge in [-0.3, -0.25) is 0 Å². The molecule has 1 fully saturated rings. The molecule has 0 amide bonds. The van der Waals surface area contributed by atoms with Gasteiger partial charge in [0.05, 0.1) is 6.61 Å². The van der Waals surface area contributed by atoms with Gasteiger partial charge in [-0.2, -0.15) is 0 Å². The second-order valence-corrected chi connectivity index (χ2v) is 5.25. The van der Waals surface area contributed by atoms with Crippen molar-refractivity contribution in [3.05, 3.63) is 29.8 Å². The van der Waals surface area contributed by atoms with Gasteiger partial charge in [0.25, 0.3) is 0 Å². The maximum atomic E-state index is 9.54. The number of hydrogen-bond acceptors (Lipinski definition) is 3. The molecule has 1 atom stereocenters. The zero-order valence-electron chi connectivity index (χ0n) is 11.5. The molecule has 1 N–H and O–H groups in total. The molecule has 19 heavy (non-hydrogen) atoms. The fourth-order valence-electron chi connectivity index (χ4n) is 1.80. The van der Waals surface area contributed by atoms with Crippen LogP contribution in [-0.2, 0) is 4.74 Å². The lowest BCUT2D eigenvalue weighted by Crippen LogP contribution is -2.24. The van der Waals surface area contributed by atoms with Crippen LogP contribution in [0.25, 0.3) is 0 Å². The van der Waals surface area contributed by atoms with Gasteiger partial charge in [0.1, 0.15) is 11.4 Å². The summed E-state index contributed by atoms with van der Waals surface area (Å²) in [5.41, 5.74) is -0.107. The van der Waals surface area contributed by atoms with E-state index < -0.39 is 5.60 Å². The Bertz CT molecular complexity index is 453. The summed E-state index contributed by atoms with van der Waals surface area (Å²) in [7, 11) is 0. The first-order valence-corrected chi connectivity index (χ1v) is 6.67. The molecule has 1 aliphatic rings. The van der Waals surface area contributed by atoms with Crippen molar-refractivity contribution < 1.29 is 14.6 Å². The topological polar surface area (TPSA) is 38.7 Å². The zero-order chi connectivity index (χ0) is 13.7. The predicted molar refractivity (Wildman–Crippen MR) is 73.8 cm³/mol. The van der Waals surface area contributed by atoms with Crippen LogP contribution in [0.2, 0.25) is 0 Å². The molecule has 1 aliphatic heterocycles. The summed E-state index contributed by atoms with van der Waals surface area (Å²) in [5, 5.41) is 9.54. The average Bonchev–Trinajstić information content (AvgIpc) is 2.38. The molecule has 102 valence electrons. The number of ether oxygens (including phenoxy) is 2. The highest BCUT2D eigenvalue weighted by Gasteiger charge is 2.14. The molecule has 0 saturated carbocycles. The van der Waals surface area contributed by atoms with Crippen LogP contribution >= 0.6 is 0 Å². The van der Waals surface area contributed by atoms with Crippen LogP contribution in [0.15, 0.2) is 24.3 Å². The highest BCUT2D eigenvalue weighted by molar-refractivity contribution is 5.39. The quantitative estimate of drug-likeness (QED) is 0.831. The van der Waals surface area contributed by atoms with Gasteiger partial charge in [-0.05, 0) is 51.0 Å². The summed E-state index contributed by atoms with van der Waals surface area (Å²) in [5.74, 6) is 6.50. The molecule has 0 radical (unpaired) electrons. The monoisotopic (exact) mass is 260 g/mol. The predicted octanol–water partition coefficient (Wildman–Crippen LogP) is 2.71. The number of aliphatic hydroxyl groups is 1. The van der Waals surface area contributed by atoms with Crippen LogP contribution in [0, 0.1) is 11.8 Å². The van der Waals surface area contributed by atoms with E-state index in [4.69, 9.17) is 9.47 Å². The van der Waals surface area contributed by atoms with Gasteiger partial charge in [-0.25, -0.2) is 0 Å². The maximum Gasteiger partial charge on any atom is 0.199 e. The van der Waals surface area contributed by atoms with Crippen molar-refractivity contribution in [3.63, 3.8) is 0 Å². The summed E-state index contributed by atoms with van der Waals surface area (Å²) >= 11 is 0. The van der Waals surface area contributed by atoms with Crippen LogP contribution in [0.3, 0.4) is 0 Å². The van der Waals surface area contributed by atoms with Crippen molar-refractivity contribution in [1.82, 2.24) is 0 Å². The molecule has 0 spiro atoms. The molecule has 1 unspecified atom stereocenters. The number of hydrogen-bond donors (Lipinski definition) is 1. The van der Waals surface area contributed by atoms with Crippen LogP contribution < -0.4 is 4.74 Å². The Morgan fingerprint density at radius 1 is 1.26 bits per heavy atom. The molecule has 2 rings (SSSR count). The molecule has 0 aromatic heterocycles. The Kier molecular flexibility index (Phi) is 4.47. The number of rotatable bonds is 2. The second-order valence-electron chi connectivity index (χ2n) is 5.25. The second kappa shape index (κ2) is 6.10. The van der Waals surface area contributed by atoms with E-state index in [0.29, 0.717) is 0 Å². The molecule has 3 heteroatoms. The Morgan fingerprint density at radius 2 is 2.00 bits per heavy atom. The summed E-state index contributed by atoms with van der Waals surface area (Å²) in [6.07, 6.45) is 3.09. The molecule has 0 bridgehead atoms. The van der Waals surface area contributed by atoms with Crippen molar-refractivity contribution in [2.75, 3.05) is 6.61 Å². The molecule has 1 aromatic rings. The first kappa shape index (κ1) is 13.9. The normalized spacial score (nSPS) is 19.4. The van der Waals surface area contributed by atoms with Crippen LogP contribution in [0.5, 0.6) is 5.75 Å². The van der Waals surface area contributed by atoms with Crippen molar-refractivity contribution in [1.29, 1.82) is 0 Å². The van der Waals surface area contributed by atoms with Crippen molar-refractivity contribution in [2.45, 2.75) is 45.0 Å². The van der Waals surface area contributed by atoms with E-state index in [9.17, 15) is 5.11 Å². The van der Waals surface area contributed by atoms with Crippen molar-refractivity contribution in [2.24, 2.45) is 0 Å². The Morgan fingerprint density at radius 3 is 2.58 bits per heavy atom. The lowest BCUT2D eigenvalue weighted by atomic mass is 10.1. The minimum absolute atomic E-state index is 0.123. The van der Waals surface area contributed by atoms with Gasteiger partial charge in [0, 0.05) is 12.0 Å². The highest BCUT2D eigenvalue weighted by Crippen LogP contribution is 2.19. The minimum atomic E-state index is -0.967. The summed E-state index contributed by atoms with van der Waals surface area (Å²) in [4.78, 5) is 0. The third-order valence-electron chi connectivity index (χ3n) is 2.77. The lowest BCUT2D eigenvalue weighted by molar-refractivity contribution is -0.105. The summed E-state index contributed by atoms with van der Waals surface area (Å²) in [6, 6.07) is 7.53. The Hall–Kier alpha value is -1.50. The van der Waals surface area contributed by atoms with E-state index in [0.717, 1.165) is 37.2 Å². The molecule has 1 heterocycles. The molecular weight excluding hydrogens is 240 g/mol. The van der Waals surface area contributed by atoms with E-state index in [-0.39, 0.29) is 6.29 Å². The Labute approximate surface area is 114 Å². The first-order chi connectivity index (χ1) is 9.03. The lowest BCUT2D eigenvalue weighted by Gasteiger charge is -2.23. The summed E-state index contributed by atoms with van der Waals surface area (Å²) < 4.78 is 11.3. The first-order valence-electron chi connectivity index (χ1n) is 6.67. The standard InChI is InChI=1S/C16H20O3/c1-16(2,17)11-10-13-6-8-14(9-7-13)19-15-5-3-4-12-18-15/h6-9,15,17H,3-5,12H2,1-2H3. The third-order valence-corrected chi connectivity index (χ3v) is 2.77. The largest absolute Gasteiger partial charge is 0.465 e. The maximum absolute atomic E-state index is 9.54. The van der Waals surface area contributed by atoms with Gasteiger partial charge in [0.15, 0.2) is 6.29 Å². The molecule has 3 nitrogen and oxygen atoms in total. The Balaban J connectivity index is 1.95. The van der Waals surface area contributed by atoms with Gasteiger partial charge < -0.3 is 14.6 Å². The van der Waals surface area contributed by atoms with Crippen molar-refractivity contribution >= 4 is 0 Å². The van der Waals surface area contributed by atoms with E-state index in [2.05, 4.69) is 11.8 Å². The SMILES string of the molecule is CC(C)(O)C#Cc1ccc(OC2CCCCO2)cc1. The van der Waals surface area contributed by atoms with Crippen molar-refractivity contribution in [3.8, 4) is 17.6 Å².